The van der Waals surface area contributed by atoms with Crippen molar-refractivity contribution in [2.45, 2.75) is 73.6 Å². The lowest BCUT2D eigenvalue weighted by Gasteiger charge is -2.28. The Morgan fingerprint density at radius 3 is 2.31 bits per heavy atom. The molecular weight excluding hydrogens is 192 g/mol. The number of rotatable bonds is 6. The van der Waals surface area contributed by atoms with Gasteiger partial charge in [-0.25, -0.2) is 0 Å². The lowest BCUT2D eigenvalue weighted by atomic mass is 9.77. The van der Waals surface area contributed by atoms with Gasteiger partial charge in [0, 0.05) is 0 Å². The van der Waals surface area contributed by atoms with E-state index in [4.69, 9.17) is 0 Å². The van der Waals surface area contributed by atoms with E-state index < -0.39 is 0 Å². The molecule has 0 saturated heterocycles. The molecule has 0 aliphatic heterocycles. The zero-order valence-electron chi connectivity index (χ0n) is 12.2. The zero-order chi connectivity index (χ0) is 12.4. The van der Waals surface area contributed by atoms with Crippen LogP contribution in [0.4, 0.5) is 0 Å². The summed E-state index contributed by atoms with van der Waals surface area (Å²) in [7, 11) is 0. The van der Waals surface area contributed by atoms with Gasteiger partial charge in [-0.2, -0.15) is 0 Å². The van der Waals surface area contributed by atoms with Crippen LogP contribution in [0.3, 0.4) is 0 Å². The minimum absolute atomic E-state index is 0.389. The van der Waals surface area contributed by atoms with Crippen molar-refractivity contribution >= 4 is 0 Å². The molecule has 0 spiro atoms. The van der Waals surface area contributed by atoms with E-state index in [1.807, 2.05) is 0 Å². The van der Waals surface area contributed by atoms with Gasteiger partial charge >= 0.3 is 0 Å². The molecule has 0 N–H and O–H groups in total. The molecule has 1 aliphatic rings. The first-order chi connectivity index (χ1) is 7.35. The lowest BCUT2D eigenvalue weighted by molar-refractivity contribution is 0.286. The Balaban J connectivity index is 2.61. The molecule has 16 heavy (non-hydrogen) atoms. The maximum absolute atomic E-state index is 2.53. The monoisotopic (exact) mass is 222 g/mol. The first-order valence-corrected chi connectivity index (χ1v) is 7.03. The van der Waals surface area contributed by atoms with Crippen LogP contribution >= 0.6 is 0 Å². The van der Waals surface area contributed by atoms with Gasteiger partial charge in [-0.3, -0.25) is 0 Å². The maximum Gasteiger partial charge on any atom is -0.0167 e. The Bertz CT molecular complexity index is 255. The fourth-order valence-corrected chi connectivity index (χ4v) is 3.51. The SMILES string of the molecule is CCCC(C)=CC(C)(C)CC1(CC)CC1C. The molecule has 2 unspecified atom stereocenters. The second-order valence-corrected chi connectivity index (χ2v) is 6.73. The van der Waals surface area contributed by atoms with Crippen LogP contribution in [0.1, 0.15) is 73.6 Å². The molecule has 0 amide bonds. The highest BCUT2D eigenvalue weighted by Crippen LogP contribution is 2.60. The fourth-order valence-electron chi connectivity index (χ4n) is 3.51. The number of allylic oxidation sites excluding steroid dienone is 2. The van der Waals surface area contributed by atoms with Crippen molar-refractivity contribution in [2.24, 2.45) is 16.7 Å². The van der Waals surface area contributed by atoms with E-state index >= 15 is 0 Å². The Morgan fingerprint density at radius 2 is 1.94 bits per heavy atom. The number of hydrogen-bond donors (Lipinski definition) is 0. The van der Waals surface area contributed by atoms with Gasteiger partial charge in [0.1, 0.15) is 0 Å². The van der Waals surface area contributed by atoms with Crippen molar-refractivity contribution in [3.8, 4) is 0 Å². The van der Waals surface area contributed by atoms with Crippen LogP contribution in [0.25, 0.3) is 0 Å². The van der Waals surface area contributed by atoms with Crippen molar-refractivity contribution in [3.63, 3.8) is 0 Å². The van der Waals surface area contributed by atoms with Gasteiger partial charge in [-0.05, 0) is 42.9 Å². The van der Waals surface area contributed by atoms with Crippen LogP contribution in [0, 0.1) is 16.7 Å². The van der Waals surface area contributed by atoms with E-state index in [1.165, 1.54) is 32.1 Å². The Hall–Kier alpha value is -0.260. The predicted molar refractivity (Wildman–Crippen MR) is 73.6 cm³/mol. The van der Waals surface area contributed by atoms with Gasteiger partial charge in [-0.15, -0.1) is 0 Å². The summed E-state index contributed by atoms with van der Waals surface area (Å²) in [5.74, 6) is 0.955. The molecule has 0 bridgehead atoms. The molecule has 0 nitrogen and oxygen atoms in total. The molecule has 0 aromatic heterocycles. The van der Waals surface area contributed by atoms with E-state index in [0.29, 0.717) is 10.8 Å². The molecule has 1 saturated carbocycles. The topological polar surface area (TPSA) is 0 Å². The fraction of sp³-hybridized carbons (Fsp3) is 0.875. The number of hydrogen-bond acceptors (Lipinski definition) is 0. The summed E-state index contributed by atoms with van der Waals surface area (Å²) in [6, 6.07) is 0. The third-order valence-electron chi connectivity index (χ3n) is 4.39. The van der Waals surface area contributed by atoms with Crippen molar-refractivity contribution < 1.29 is 0 Å². The second kappa shape index (κ2) is 4.94. The Morgan fingerprint density at radius 1 is 1.38 bits per heavy atom. The van der Waals surface area contributed by atoms with Gasteiger partial charge in [0.25, 0.3) is 0 Å². The normalized spacial score (nSPS) is 30.6. The van der Waals surface area contributed by atoms with E-state index in [9.17, 15) is 0 Å². The van der Waals surface area contributed by atoms with Gasteiger partial charge in [0.15, 0.2) is 0 Å². The third-order valence-corrected chi connectivity index (χ3v) is 4.39. The van der Waals surface area contributed by atoms with Crippen molar-refractivity contribution in [2.75, 3.05) is 0 Å². The highest BCUT2D eigenvalue weighted by Gasteiger charge is 2.51. The largest absolute Gasteiger partial charge is 0.0799 e. The van der Waals surface area contributed by atoms with Crippen LogP contribution < -0.4 is 0 Å². The zero-order valence-corrected chi connectivity index (χ0v) is 12.2. The van der Waals surface area contributed by atoms with Gasteiger partial charge in [-0.1, -0.05) is 59.1 Å². The van der Waals surface area contributed by atoms with E-state index in [2.05, 4.69) is 47.6 Å². The highest BCUT2D eigenvalue weighted by molar-refractivity contribution is 5.10. The molecule has 0 aromatic carbocycles. The van der Waals surface area contributed by atoms with E-state index in [0.717, 1.165) is 5.92 Å². The summed E-state index contributed by atoms with van der Waals surface area (Å²) >= 11 is 0. The average Bonchev–Trinajstić information content (AvgIpc) is 2.75. The first-order valence-electron chi connectivity index (χ1n) is 7.03. The van der Waals surface area contributed by atoms with Crippen molar-refractivity contribution in [1.29, 1.82) is 0 Å². The molecule has 0 aromatic rings. The van der Waals surface area contributed by atoms with Crippen molar-refractivity contribution in [1.82, 2.24) is 0 Å². The quantitative estimate of drug-likeness (QED) is 0.514. The summed E-state index contributed by atoms with van der Waals surface area (Å²) in [4.78, 5) is 0. The molecule has 1 aliphatic carbocycles. The van der Waals surface area contributed by atoms with Crippen LogP contribution in [-0.4, -0.2) is 0 Å². The Labute approximate surface area is 103 Å². The standard InChI is InChI=1S/C16H30/c1-7-9-13(3)10-15(5,6)12-16(8-2)11-14(16)4/h10,14H,7-9,11-12H2,1-6H3. The van der Waals surface area contributed by atoms with Gasteiger partial charge < -0.3 is 0 Å². The van der Waals surface area contributed by atoms with Crippen LogP contribution in [0.15, 0.2) is 11.6 Å². The van der Waals surface area contributed by atoms with Crippen molar-refractivity contribution in [3.05, 3.63) is 11.6 Å². The summed E-state index contributed by atoms with van der Waals surface area (Å²) in [6.07, 6.45) is 9.25. The summed E-state index contributed by atoms with van der Waals surface area (Å²) < 4.78 is 0. The van der Waals surface area contributed by atoms with Gasteiger partial charge in [0.2, 0.25) is 0 Å². The summed E-state index contributed by atoms with van der Waals surface area (Å²) in [6.45, 7) is 14.2. The molecule has 0 heteroatoms. The molecule has 1 fully saturated rings. The van der Waals surface area contributed by atoms with Crippen LogP contribution in [0.5, 0.6) is 0 Å². The minimum Gasteiger partial charge on any atom is -0.0799 e. The minimum atomic E-state index is 0.389. The molecular formula is C16H30. The van der Waals surface area contributed by atoms with E-state index in [-0.39, 0.29) is 0 Å². The maximum atomic E-state index is 2.53. The van der Waals surface area contributed by atoms with E-state index in [1.54, 1.807) is 5.57 Å². The second-order valence-electron chi connectivity index (χ2n) is 6.73. The highest BCUT2D eigenvalue weighted by atomic mass is 14.6. The third kappa shape index (κ3) is 3.37. The molecule has 0 radical (unpaired) electrons. The Kier molecular flexibility index (Phi) is 4.26. The molecule has 94 valence electrons. The summed E-state index contributed by atoms with van der Waals surface area (Å²) in [5, 5.41) is 0. The average molecular weight is 222 g/mol. The van der Waals surface area contributed by atoms with Crippen LogP contribution in [0.2, 0.25) is 0 Å². The molecule has 2 atom stereocenters. The lowest BCUT2D eigenvalue weighted by Crippen LogP contribution is -2.17. The molecule has 1 rings (SSSR count). The first kappa shape index (κ1) is 13.8. The smallest absolute Gasteiger partial charge is 0.0167 e. The van der Waals surface area contributed by atoms with Gasteiger partial charge in [0.05, 0.1) is 0 Å². The summed E-state index contributed by atoms with van der Waals surface area (Å²) in [5.41, 5.74) is 2.64. The molecule has 0 heterocycles. The predicted octanol–water partition coefficient (Wildman–Crippen LogP) is 5.59. The van der Waals surface area contributed by atoms with Crippen LogP contribution in [-0.2, 0) is 0 Å².